The number of carbonyl (C=O) groups is 2. The maximum atomic E-state index is 12.2. The van der Waals surface area contributed by atoms with E-state index in [2.05, 4.69) is 15.9 Å². The second-order valence-electron chi connectivity index (χ2n) is 4.20. The summed E-state index contributed by atoms with van der Waals surface area (Å²) >= 11 is 9.16. The zero-order valence-corrected chi connectivity index (χ0v) is 11.7. The average molecular weight is 333 g/mol. The minimum atomic E-state index is -0.851. The van der Waals surface area contributed by atoms with E-state index in [1.54, 1.807) is 23.1 Å². The number of carbonyl (C=O) groups excluding carboxylic acids is 1. The van der Waals surface area contributed by atoms with Gasteiger partial charge in [0.05, 0.1) is 11.5 Å². The molecule has 0 aromatic heterocycles. The Morgan fingerprint density at radius 1 is 1.44 bits per heavy atom. The first-order chi connectivity index (χ1) is 8.49. The van der Waals surface area contributed by atoms with Crippen molar-refractivity contribution >= 4 is 39.4 Å². The zero-order valence-electron chi connectivity index (χ0n) is 9.40. The number of halogens is 2. The van der Waals surface area contributed by atoms with Crippen LogP contribution in [-0.2, 0) is 4.79 Å². The van der Waals surface area contributed by atoms with Crippen LogP contribution in [0.25, 0.3) is 0 Å². The van der Waals surface area contributed by atoms with Crippen molar-refractivity contribution in [1.29, 1.82) is 0 Å². The zero-order chi connectivity index (χ0) is 13.3. The van der Waals surface area contributed by atoms with Crippen LogP contribution in [0.2, 0.25) is 5.02 Å². The number of carboxylic acids is 1. The van der Waals surface area contributed by atoms with E-state index in [1.807, 2.05) is 0 Å². The molecule has 4 nitrogen and oxygen atoms in total. The summed E-state index contributed by atoms with van der Waals surface area (Å²) in [5.41, 5.74) is 0.466. The molecule has 6 heteroatoms. The molecule has 18 heavy (non-hydrogen) atoms. The van der Waals surface area contributed by atoms with Crippen LogP contribution in [-0.4, -0.2) is 35.0 Å². The maximum Gasteiger partial charge on any atom is 0.308 e. The van der Waals surface area contributed by atoms with Crippen LogP contribution in [0.1, 0.15) is 16.8 Å². The Balaban J connectivity index is 2.17. The van der Waals surface area contributed by atoms with E-state index < -0.39 is 11.9 Å². The second kappa shape index (κ2) is 5.28. The van der Waals surface area contributed by atoms with E-state index >= 15 is 0 Å². The summed E-state index contributed by atoms with van der Waals surface area (Å²) in [5, 5.41) is 9.40. The van der Waals surface area contributed by atoms with Gasteiger partial charge >= 0.3 is 5.97 Å². The highest BCUT2D eigenvalue weighted by molar-refractivity contribution is 9.10. The van der Waals surface area contributed by atoms with Crippen LogP contribution in [0.3, 0.4) is 0 Å². The predicted octanol–water partition coefficient (Wildman–Crippen LogP) is 2.65. The molecule has 1 atom stereocenters. The molecular formula is C12H11BrClNO3. The van der Waals surface area contributed by atoms with E-state index in [4.69, 9.17) is 16.7 Å². The van der Waals surface area contributed by atoms with Crippen LogP contribution in [0.15, 0.2) is 22.7 Å². The van der Waals surface area contributed by atoms with E-state index in [-0.39, 0.29) is 12.5 Å². The van der Waals surface area contributed by atoms with Crippen molar-refractivity contribution in [2.75, 3.05) is 13.1 Å². The highest BCUT2D eigenvalue weighted by Gasteiger charge is 2.31. The SMILES string of the molecule is O=C(O)C1CCN(C(=O)c2cc(Cl)ccc2Br)C1. The molecule has 1 aromatic rings. The lowest BCUT2D eigenvalue weighted by atomic mass is 10.1. The van der Waals surface area contributed by atoms with Gasteiger partial charge in [-0.15, -0.1) is 0 Å². The van der Waals surface area contributed by atoms with E-state index in [1.165, 1.54) is 0 Å². The molecule has 0 aliphatic carbocycles. The summed E-state index contributed by atoms with van der Waals surface area (Å²) in [4.78, 5) is 24.6. The largest absolute Gasteiger partial charge is 0.481 e. The van der Waals surface area contributed by atoms with Crippen molar-refractivity contribution < 1.29 is 14.7 Å². The van der Waals surface area contributed by atoms with Crippen molar-refractivity contribution in [2.45, 2.75) is 6.42 Å². The first kappa shape index (κ1) is 13.4. The van der Waals surface area contributed by atoms with E-state index in [0.717, 1.165) is 0 Å². The van der Waals surface area contributed by atoms with Gasteiger partial charge in [-0.25, -0.2) is 0 Å². The fourth-order valence-electron chi connectivity index (χ4n) is 1.98. The monoisotopic (exact) mass is 331 g/mol. The summed E-state index contributed by atoms with van der Waals surface area (Å²) in [6, 6.07) is 4.98. The lowest BCUT2D eigenvalue weighted by molar-refractivity contribution is -0.141. The third kappa shape index (κ3) is 2.67. The van der Waals surface area contributed by atoms with Gasteiger partial charge in [0.2, 0.25) is 0 Å². The summed E-state index contributed by atoms with van der Waals surface area (Å²) in [6.07, 6.45) is 0.499. The molecule has 1 N–H and O–H groups in total. The fraction of sp³-hybridized carbons (Fsp3) is 0.333. The van der Waals surface area contributed by atoms with Crippen LogP contribution < -0.4 is 0 Å². The Kier molecular flexibility index (Phi) is 3.92. The Hall–Kier alpha value is -1.07. The molecule has 0 bridgehead atoms. The van der Waals surface area contributed by atoms with Gasteiger partial charge in [-0.2, -0.15) is 0 Å². The first-order valence-electron chi connectivity index (χ1n) is 5.46. The molecule has 0 radical (unpaired) electrons. The summed E-state index contributed by atoms with van der Waals surface area (Å²) in [7, 11) is 0. The number of amides is 1. The lowest BCUT2D eigenvalue weighted by Crippen LogP contribution is -2.30. The topological polar surface area (TPSA) is 57.6 Å². The van der Waals surface area contributed by atoms with Gasteiger partial charge in [-0.1, -0.05) is 11.6 Å². The fourth-order valence-corrected chi connectivity index (χ4v) is 2.57. The van der Waals surface area contributed by atoms with Crippen LogP contribution in [0.5, 0.6) is 0 Å². The van der Waals surface area contributed by atoms with Crippen LogP contribution in [0, 0.1) is 5.92 Å². The smallest absolute Gasteiger partial charge is 0.308 e. The quantitative estimate of drug-likeness (QED) is 0.906. The number of benzene rings is 1. The molecule has 0 saturated carbocycles. The summed E-state index contributed by atoms with van der Waals surface area (Å²) in [5.74, 6) is -1.50. The molecule has 1 aliphatic rings. The molecule has 96 valence electrons. The molecule has 1 saturated heterocycles. The number of nitrogens with zero attached hydrogens (tertiary/aromatic N) is 1. The number of carboxylic acid groups (broad SMARTS) is 1. The molecule has 1 unspecified atom stereocenters. The lowest BCUT2D eigenvalue weighted by Gasteiger charge is -2.16. The Morgan fingerprint density at radius 2 is 2.17 bits per heavy atom. The van der Waals surface area contributed by atoms with E-state index in [9.17, 15) is 9.59 Å². The maximum absolute atomic E-state index is 12.2. The minimum absolute atomic E-state index is 0.187. The van der Waals surface area contributed by atoms with Crippen molar-refractivity contribution in [3.63, 3.8) is 0 Å². The third-order valence-electron chi connectivity index (χ3n) is 2.98. The standard InChI is InChI=1S/C12H11BrClNO3/c13-10-2-1-8(14)5-9(10)11(16)15-4-3-7(6-15)12(17)18/h1-2,5,7H,3-4,6H2,(H,17,18). The number of hydrogen-bond acceptors (Lipinski definition) is 2. The first-order valence-corrected chi connectivity index (χ1v) is 6.63. The van der Waals surface area contributed by atoms with Gasteiger partial charge in [-0.3, -0.25) is 9.59 Å². The minimum Gasteiger partial charge on any atom is -0.481 e. The molecule has 1 aliphatic heterocycles. The Labute approximate surface area is 118 Å². The average Bonchev–Trinajstić information content (AvgIpc) is 2.81. The number of likely N-dealkylation sites (tertiary alicyclic amines) is 1. The third-order valence-corrected chi connectivity index (χ3v) is 3.91. The van der Waals surface area contributed by atoms with Gasteiger partial charge < -0.3 is 10.0 Å². The molecule has 1 heterocycles. The predicted molar refractivity (Wildman–Crippen MR) is 70.8 cm³/mol. The molecular weight excluding hydrogens is 321 g/mol. The Bertz CT molecular complexity index is 506. The van der Waals surface area contributed by atoms with Gasteiger partial charge in [0.1, 0.15) is 0 Å². The van der Waals surface area contributed by atoms with Crippen molar-refractivity contribution in [3.8, 4) is 0 Å². The van der Waals surface area contributed by atoms with Gasteiger partial charge in [0, 0.05) is 22.6 Å². The molecule has 0 spiro atoms. The molecule has 1 fully saturated rings. The number of aliphatic carboxylic acids is 1. The van der Waals surface area contributed by atoms with Gasteiger partial charge in [0.15, 0.2) is 0 Å². The van der Waals surface area contributed by atoms with Crippen molar-refractivity contribution in [1.82, 2.24) is 4.90 Å². The number of rotatable bonds is 2. The molecule has 2 rings (SSSR count). The number of hydrogen-bond donors (Lipinski definition) is 1. The van der Waals surface area contributed by atoms with Gasteiger partial charge in [0.25, 0.3) is 5.91 Å². The summed E-state index contributed by atoms with van der Waals surface area (Å²) < 4.78 is 0.663. The highest BCUT2D eigenvalue weighted by Crippen LogP contribution is 2.25. The molecule has 1 aromatic carbocycles. The summed E-state index contributed by atoms with van der Waals surface area (Å²) in [6.45, 7) is 0.724. The second-order valence-corrected chi connectivity index (χ2v) is 5.49. The highest BCUT2D eigenvalue weighted by atomic mass is 79.9. The van der Waals surface area contributed by atoms with Crippen molar-refractivity contribution in [3.05, 3.63) is 33.3 Å². The van der Waals surface area contributed by atoms with Crippen LogP contribution in [0.4, 0.5) is 0 Å². The van der Waals surface area contributed by atoms with Crippen LogP contribution >= 0.6 is 27.5 Å². The van der Waals surface area contributed by atoms with Crippen molar-refractivity contribution in [2.24, 2.45) is 5.92 Å². The van der Waals surface area contributed by atoms with Gasteiger partial charge in [-0.05, 0) is 40.5 Å². The normalized spacial score (nSPS) is 19.0. The van der Waals surface area contributed by atoms with E-state index in [0.29, 0.717) is 28.0 Å². The molecule has 1 amide bonds. The Morgan fingerprint density at radius 3 is 2.78 bits per heavy atom.